The molecule has 2 rings (SSSR count). The van der Waals surface area contributed by atoms with Crippen LogP contribution in [0.1, 0.15) is 11.1 Å². The molecule has 2 N–H and O–H groups in total. The molecule has 0 saturated heterocycles. The molecule has 0 fully saturated rings. The van der Waals surface area contributed by atoms with Crippen molar-refractivity contribution in [3.63, 3.8) is 0 Å². The minimum atomic E-state index is -4.97. The summed E-state index contributed by atoms with van der Waals surface area (Å²) in [5.74, 6) is 0.675. The van der Waals surface area contributed by atoms with Gasteiger partial charge in [-0.2, -0.15) is 5.10 Å². The fourth-order valence-corrected chi connectivity index (χ4v) is 2.32. The Kier molecular flexibility index (Phi) is 5.87. The van der Waals surface area contributed by atoms with Crippen LogP contribution in [0.2, 0.25) is 0 Å². The Labute approximate surface area is 136 Å². The molecule has 2 aromatic carbocycles. The molecule has 0 unspecified atom stereocenters. The van der Waals surface area contributed by atoms with Gasteiger partial charge in [-0.25, -0.2) is 0 Å². The summed E-state index contributed by atoms with van der Waals surface area (Å²) in [5, 5.41) is 7.89. The second-order valence-electron chi connectivity index (χ2n) is 4.70. The Hall–Kier alpha value is -2.22. The molecule has 8 heteroatoms. The van der Waals surface area contributed by atoms with Crippen LogP contribution in [0.4, 0.5) is 12.9 Å². The predicted molar refractivity (Wildman–Crippen MR) is 92.1 cm³/mol. The summed E-state index contributed by atoms with van der Waals surface area (Å²) in [6.45, 7) is -4.97. The van der Waals surface area contributed by atoms with Crippen molar-refractivity contribution in [3.8, 4) is 0 Å². The minimum Gasteiger partial charge on any atom is -0.445 e. The van der Waals surface area contributed by atoms with E-state index in [0.717, 1.165) is 17.7 Å². The average molecular weight is 336 g/mol. The molecule has 0 saturated carbocycles. The molecular weight excluding hydrogens is 322 g/mol. The summed E-state index contributed by atoms with van der Waals surface area (Å²) in [6, 6.07) is 14.5. The highest BCUT2D eigenvalue weighted by Crippen LogP contribution is 2.12. The number of nitrogens with two attached hydrogens (primary N) is 1. The second-order valence-corrected chi connectivity index (χ2v) is 5.69. The monoisotopic (exact) mass is 336 g/mol. The predicted octanol–water partition coefficient (Wildman–Crippen LogP) is 3.32. The fraction of sp³-hybridized carbons (Fsp3) is 0.0667. The highest BCUT2D eigenvalue weighted by atomic mass is 32.2. The van der Waals surface area contributed by atoms with Gasteiger partial charge < -0.3 is 18.7 Å². The normalized spacial score (nSPS) is 12.7. The van der Waals surface area contributed by atoms with Gasteiger partial charge in [0.05, 0.1) is 6.21 Å². The van der Waals surface area contributed by atoms with Crippen LogP contribution >= 0.6 is 11.8 Å². The highest BCUT2D eigenvalue weighted by molar-refractivity contribution is 8.13. The van der Waals surface area contributed by atoms with Gasteiger partial charge in [-0.1, -0.05) is 66.4 Å². The molecule has 120 valence electrons. The van der Waals surface area contributed by atoms with E-state index in [1.54, 1.807) is 0 Å². The molecule has 2 aromatic rings. The number of amidine groups is 1. The Morgan fingerprint density at radius 2 is 1.70 bits per heavy atom. The fourth-order valence-electron chi connectivity index (χ4n) is 1.71. The van der Waals surface area contributed by atoms with E-state index in [4.69, 9.17) is 5.73 Å². The van der Waals surface area contributed by atoms with Crippen LogP contribution in [0.5, 0.6) is 0 Å². The standard InChI is InChI=1S/C15H14BF3N3S/c17-16(18,19)14-8-6-12(7-9-14)10-21-22-15(20)23-11-13-4-2-1-3-5-13/h1-10H,11H2,(H2,20,22)/q-1. The zero-order valence-electron chi connectivity index (χ0n) is 12.1. The third kappa shape index (κ3) is 5.82. The van der Waals surface area contributed by atoms with Gasteiger partial charge in [0.25, 0.3) is 0 Å². The van der Waals surface area contributed by atoms with Crippen LogP contribution in [0, 0.1) is 0 Å². The van der Waals surface area contributed by atoms with Gasteiger partial charge in [-0.3, -0.25) is 0 Å². The summed E-state index contributed by atoms with van der Waals surface area (Å²) >= 11 is 1.34. The van der Waals surface area contributed by atoms with E-state index in [0.29, 0.717) is 16.5 Å². The first-order chi connectivity index (χ1) is 10.9. The van der Waals surface area contributed by atoms with Gasteiger partial charge >= 0.3 is 6.98 Å². The number of rotatable bonds is 5. The van der Waals surface area contributed by atoms with E-state index >= 15 is 0 Å². The number of halogens is 3. The lowest BCUT2D eigenvalue weighted by Crippen LogP contribution is -2.33. The van der Waals surface area contributed by atoms with E-state index in [-0.39, 0.29) is 0 Å². The van der Waals surface area contributed by atoms with Gasteiger partial charge in [0, 0.05) is 5.75 Å². The topological polar surface area (TPSA) is 50.7 Å². The second kappa shape index (κ2) is 7.87. The van der Waals surface area contributed by atoms with Crippen LogP contribution < -0.4 is 11.2 Å². The van der Waals surface area contributed by atoms with E-state index in [1.807, 2.05) is 30.3 Å². The van der Waals surface area contributed by atoms with Crippen LogP contribution in [0.15, 0.2) is 64.8 Å². The average Bonchev–Trinajstić information content (AvgIpc) is 2.53. The molecule has 23 heavy (non-hydrogen) atoms. The van der Waals surface area contributed by atoms with Gasteiger partial charge in [-0.05, 0) is 11.1 Å². The van der Waals surface area contributed by atoms with Gasteiger partial charge in [0.2, 0.25) is 0 Å². The molecule has 0 aliphatic rings. The van der Waals surface area contributed by atoms with Crippen molar-refractivity contribution in [2.45, 2.75) is 5.75 Å². The van der Waals surface area contributed by atoms with Crippen LogP contribution in [-0.4, -0.2) is 18.4 Å². The molecule has 0 atom stereocenters. The van der Waals surface area contributed by atoms with Crippen molar-refractivity contribution < 1.29 is 12.9 Å². The first kappa shape index (κ1) is 17.1. The van der Waals surface area contributed by atoms with E-state index in [1.165, 1.54) is 30.1 Å². The van der Waals surface area contributed by atoms with Crippen molar-refractivity contribution in [1.82, 2.24) is 0 Å². The van der Waals surface area contributed by atoms with Crippen molar-refractivity contribution in [3.05, 3.63) is 65.7 Å². The van der Waals surface area contributed by atoms with Crippen molar-refractivity contribution >= 4 is 35.6 Å². The highest BCUT2D eigenvalue weighted by Gasteiger charge is 2.24. The molecule has 0 amide bonds. The smallest absolute Gasteiger partial charge is 0.445 e. The van der Waals surface area contributed by atoms with E-state index < -0.39 is 12.4 Å². The Morgan fingerprint density at radius 3 is 2.30 bits per heavy atom. The minimum absolute atomic E-state index is 0.292. The molecule has 0 radical (unpaired) electrons. The lowest BCUT2D eigenvalue weighted by molar-refractivity contribution is 0.501. The maximum absolute atomic E-state index is 12.5. The Morgan fingerprint density at radius 1 is 1.04 bits per heavy atom. The van der Waals surface area contributed by atoms with Gasteiger partial charge in [0.1, 0.15) is 0 Å². The number of hydrogen-bond acceptors (Lipinski definition) is 3. The number of benzene rings is 2. The van der Waals surface area contributed by atoms with Crippen molar-refractivity contribution in [1.29, 1.82) is 0 Å². The van der Waals surface area contributed by atoms with Crippen LogP contribution in [0.3, 0.4) is 0 Å². The van der Waals surface area contributed by atoms with Crippen molar-refractivity contribution in [2.24, 2.45) is 15.9 Å². The molecule has 0 aromatic heterocycles. The molecule has 3 nitrogen and oxygen atoms in total. The first-order valence-electron chi connectivity index (χ1n) is 6.78. The van der Waals surface area contributed by atoms with Crippen LogP contribution in [-0.2, 0) is 5.75 Å². The lowest BCUT2D eigenvalue weighted by atomic mass is 9.80. The molecule has 0 spiro atoms. The maximum atomic E-state index is 12.5. The molecule has 0 bridgehead atoms. The zero-order valence-corrected chi connectivity index (χ0v) is 12.9. The first-order valence-corrected chi connectivity index (χ1v) is 7.77. The maximum Gasteiger partial charge on any atom is 0.509 e. The van der Waals surface area contributed by atoms with Crippen molar-refractivity contribution in [2.75, 3.05) is 0 Å². The summed E-state index contributed by atoms with van der Waals surface area (Å²) in [6.07, 6.45) is 1.36. The third-order valence-electron chi connectivity index (χ3n) is 2.91. The van der Waals surface area contributed by atoms with Gasteiger partial charge in [-0.15, -0.1) is 10.6 Å². The molecule has 0 heterocycles. The van der Waals surface area contributed by atoms with Crippen LogP contribution in [0.25, 0.3) is 0 Å². The molecular formula is C15H14BF3N3S-. The summed E-state index contributed by atoms with van der Waals surface area (Å²) in [5.41, 5.74) is 6.73. The zero-order chi connectivity index (χ0) is 16.7. The Bertz CT molecular complexity index is 685. The SMILES string of the molecule is NC(=NN=Cc1ccc([B-](F)(F)F)cc1)SCc1ccccc1. The summed E-state index contributed by atoms with van der Waals surface area (Å²) in [4.78, 5) is 0. The Balaban J connectivity index is 1.89. The number of hydrogen-bond donors (Lipinski definition) is 1. The largest absolute Gasteiger partial charge is 0.509 e. The molecule has 0 aliphatic carbocycles. The van der Waals surface area contributed by atoms with Gasteiger partial charge in [0.15, 0.2) is 5.17 Å². The third-order valence-corrected chi connectivity index (χ3v) is 3.76. The number of nitrogens with zero attached hydrogens (tertiary/aromatic N) is 2. The number of thioether (sulfide) groups is 1. The van der Waals surface area contributed by atoms with E-state index in [2.05, 4.69) is 10.2 Å². The summed E-state index contributed by atoms with van der Waals surface area (Å²) in [7, 11) is 0. The lowest BCUT2D eigenvalue weighted by Gasteiger charge is -2.14. The molecule has 0 aliphatic heterocycles. The quantitative estimate of drug-likeness (QED) is 0.394. The van der Waals surface area contributed by atoms with E-state index in [9.17, 15) is 12.9 Å². The summed E-state index contributed by atoms with van der Waals surface area (Å²) < 4.78 is 37.5.